The zero-order valence-corrected chi connectivity index (χ0v) is 10.9. The number of nitro groups is 1. The van der Waals surface area contributed by atoms with Gasteiger partial charge in [-0.2, -0.15) is 0 Å². The Morgan fingerprint density at radius 1 is 1.44 bits per heavy atom. The summed E-state index contributed by atoms with van der Waals surface area (Å²) in [5.74, 6) is -1.09. The summed E-state index contributed by atoms with van der Waals surface area (Å²) < 4.78 is 4.91. The van der Waals surface area contributed by atoms with E-state index < -0.39 is 17.0 Å². The lowest BCUT2D eigenvalue weighted by Gasteiger charge is -2.16. The summed E-state index contributed by atoms with van der Waals surface area (Å²) in [6.45, 7) is 1.45. The summed E-state index contributed by atoms with van der Waals surface area (Å²) in [6.07, 6.45) is -0.923. The lowest BCUT2D eigenvalue weighted by molar-refractivity contribution is -0.380. The van der Waals surface area contributed by atoms with Crippen molar-refractivity contribution in [3.05, 3.63) is 27.1 Å². The van der Waals surface area contributed by atoms with Crippen LogP contribution in [-0.2, 0) is 9.53 Å². The van der Waals surface area contributed by atoms with Gasteiger partial charge in [0.2, 0.25) is 0 Å². The van der Waals surface area contributed by atoms with Crippen LogP contribution in [0.1, 0.15) is 16.6 Å². The molecule has 0 radical (unpaired) electrons. The number of hydrogen-bond donors (Lipinski definition) is 0. The first-order valence-electron chi connectivity index (χ1n) is 4.99. The molecule has 1 atom stereocenters. The number of hydrogen-bond acceptors (Lipinski definition) is 6. The second-order valence-corrected chi connectivity index (χ2v) is 4.74. The highest BCUT2D eigenvalue weighted by Gasteiger charge is 2.22. The minimum absolute atomic E-state index is 0.0973. The number of rotatable bonds is 4. The van der Waals surface area contributed by atoms with Crippen LogP contribution in [0.4, 0.5) is 5.00 Å². The summed E-state index contributed by atoms with van der Waals surface area (Å²) in [5.41, 5.74) is 0. The van der Waals surface area contributed by atoms with Crippen LogP contribution in [0, 0.1) is 10.1 Å². The molecule has 1 unspecified atom stereocenters. The third kappa shape index (κ3) is 3.27. The molecule has 1 rings (SSSR count). The number of carbonyl (C=O) groups excluding carboxylic acids is 2. The molecule has 0 aliphatic heterocycles. The summed E-state index contributed by atoms with van der Waals surface area (Å²) in [5, 5.41) is 10.3. The van der Waals surface area contributed by atoms with Gasteiger partial charge in [0.25, 0.3) is 5.91 Å². The molecule has 0 saturated heterocycles. The van der Waals surface area contributed by atoms with E-state index in [2.05, 4.69) is 0 Å². The zero-order valence-electron chi connectivity index (χ0n) is 10.1. The summed E-state index contributed by atoms with van der Waals surface area (Å²) in [6, 6.07) is 2.53. The van der Waals surface area contributed by atoms with Crippen molar-refractivity contribution < 1.29 is 19.2 Å². The smallest absolute Gasteiger partial charge is 0.349 e. The highest BCUT2D eigenvalue weighted by atomic mass is 32.1. The number of carbonyl (C=O) groups is 2. The minimum Gasteiger partial charge on any atom is -0.448 e. The maximum Gasteiger partial charge on any atom is 0.349 e. The Bertz CT molecular complexity index is 482. The number of likely N-dealkylation sites (N-methyl/N-ethyl adjacent to an activating group) is 1. The summed E-state index contributed by atoms with van der Waals surface area (Å²) in [7, 11) is 3.09. The molecule has 1 amide bonds. The molecular formula is C10H12N2O5S. The molecule has 0 aliphatic carbocycles. The number of thiophene rings is 1. The van der Waals surface area contributed by atoms with Gasteiger partial charge in [0.1, 0.15) is 4.88 Å². The van der Waals surface area contributed by atoms with Gasteiger partial charge < -0.3 is 9.64 Å². The van der Waals surface area contributed by atoms with Crippen LogP contribution in [0.25, 0.3) is 0 Å². The molecule has 18 heavy (non-hydrogen) atoms. The second kappa shape index (κ2) is 5.58. The fraction of sp³-hybridized carbons (Fsp3) is 0.400. The molecular weight excluding hydrogens is 260 g/mol. The first kappa shape index (κ1) is 14.1. The Labute approximate surface area is 107 Å². The quantitative estimate of drug-likeness (QED) is 0.468. The number of ether oxygens (including phenoxy) is 1. The van der Waals surface area contributed by atoms with Gasteiger partial charge in [-0.15, -0.1) is 0 Å². The van der Waals surface area contributed by atoms with Crippen molar-refractivity contribution in [3.8, 4) is 0 Å². The molecule has 0 aromatic carbocycles. The van der Waals surface area contributed by atoms with Crippen LogP contribution in [0.5, 0.6) is 0 Å². The number of esters is 1. The average Bonchev–Trinajstić information content (AvgIpc) is 2.76. The van der Waals surface area contributed by atoms with E-state index in [-0.39, 0.29) is 15.8 Å². The largest absolute Gasteiger partial charge is 0.448 e. The Hall–Kier alpha value is -1.96. The Kier molecular flexibility index (Phi) is 4.38. The van der Waals surface area contributed by atoms with E-state index in [4.69, 9.17) is 4.74 Å². The maximum absolute atomic E-state index is 11.6. The molecule has 0 N–H and O–H groups in total. The molecule has 0 saturated carbocycles. The summed E-state index contributed by atoms with van der Waals surface area (Å²) in [4.78, 5) is 34.3. The number of amides is 1. The van der Waals surface area contributed by atoms with Crippen LogP contribution in [0.2, 0.25) is 0 Å². The van der Waals surface area contributed by atoms with Crippen LogP contribution < -0.4 is 0 Å². The monoisotopic (exact) mass is 272 g/mol. The molecule has 0 aliphatic rings. The van der Waals surface area contributed by atoms with E-state index in [1.165, 1.54) is 24.0 Å². The van der Waals surface area contributed by atoms with E-state index in [1.807, 2.05) is 0 Å². The van der Waals surface area contributed by atoms with Gasteiger partial charge in [-0.05, 0) is 13.0 Å². The lowest BCUT2D eigenvalue weighted by atomic mass is 10.3. The molecule has 1 heterocycles. The molecule has 1 aromatic heterocycles. The molecule has 0 spiro atoms. The van der Waals surface area contributed by atoms with E-state index in [1.54, 1.807) is 14.1 Å². The van der Waals surface area contributed by atoms with E-state index in [9.17, 15) is 19.7 Å². The molecule has 0 fully saturated rings. The zero-order chi connectivity index (χ0) is 13.9. The minimum atomic E-state index is -0.923. The predicted molar refractivity (Wildman–Crippen MR) is 64.5 cm³/mol. The summed E-state index contributed by atoms with van der Waals surface area (Å²) >= 11 is 0.713. The first-order chi connectivity index (χ1) is 8.32. The van der Waals surface area contributed by atoms with Crippen LogP contribution in [0.3, 0.4) is 0 Å². The van der Waals surface area contributed by atoms with E-state index in [0.29, 0.717) is 11.3 Å². The highest BCUT2D eigenvalue weighted by molar-refractivity contribution is 7.17. The van der Waals surface area contributed by atoms with E-state index in [0.717, 1.165) is 0 Å². The van der Waals surface area contributed by atoms with Crippen LogP contribution >= 0.6 is 11.3 Å². The second-order valence-electron chi connectivity index (χ2n) is 3.68. The number of nitrogens with zero attached hydrogens (tertiary/aromatic N) is 2. The maximum atomic E-state index is 11.6. The average molecular weight is 272 g/mol. The Morgan fingerprint density at radius 2 is 2.06 bits per heavy atom. The Morgan fingerprint density at radius 3 is 2.50 bits per heavy atom. The van der Waals surface area contributed by atoms with Crippen LogP contribution in [0.15, 0.2) is 12.1 Å². The molecule has 98 valence electrons. The van der Waals surface area contributed by atoms with Crippen molar-refractivity contribution >= 4 is 28.2 Å². The van der Waals surface area contributed by atoms with Gasteiger partial charge in [-0.3, -0.25) is 14.9 Å². The third-order valence-electron chi connectivity index (χ3n) is 2.05. The topological polar surface area (TPSA) is 89.7 Å². The van der Waals surface area contributed by atoms with Crippen molar-refractivity contribution in [1.29, 1.82) is 0 Å². The van der Waals surface area contributed by atoms with Crippen molar-refractivity contribution in [2.75, 3.05) is 14.1 Å². The van der Waals surface area contributed by atoms with Crippen LogP contribution in [-0.4, -0.2) is 41.9 Å². The molecule has 1 aromatic rings. The first-order valence-corrected chi connectivity index (χ1v) is 5.81. The van der Waals surface area contributed by atoms with Gasteiger partial charge in [0.15, 0.2) is 6.10 Å². The SMILES string of the molecule is CC(OC(=O)c1ccc([N+](=O)[O-])s1)C(=O)N(C)C. The lowest BCUT2D eigenvalue weighted by Crippen LogP contribution is -2.34. The normalized spacial score (nSPS) is 11.7. The molecule has 8 heteroatoms. The fourth-order valence-electron chi connectivity index (χ4n) is 1.17. The Balaban J connectivity index is 2.70. The van der Waals surface area contributed by atoms with Gasteiger partial charge in [-0.25, -0.2) is 4.79 Å². The van der Waals surface area contributed by atoms with Gasteiger partial charge in [-0.1, -0.05) is 11.3 Å². The highest BCUT2D eigenvalue weighted by Crippen LogP contribution is 2.24. The van der Waals surface area contributed by atoms with Crippen molar-refractivity contribution in [2.24, 2.45) is 0 Å². The van der Waals surface area contributed by atoms with Gasteiger partial charge in [0, 0.05) is 20.2 Å². The predicted octanol–water partition coefficient (Wildman–Crippen LogP) is 1.29. The standard InChI is InChI=1S/C10H12N2O5S/c1-6(9(13)11(2)3)17-10(14)7-4-5-8(18-7)12(15)16/h4-6H,1-3H3. The van der Waals surface area contributed by atoms with Gasteiger partial charge >= 0.3 is 11.0 Å². The molecule has 7 nitrogen and oxygen atoms in total. The van der Waals surface area contributed by atoms with E-state index >= 15 is 0 Å². The van der Waals surface area contributed by atoms with Gasteiger partial charge in [0.05, 0.1) is 4.92 Å². The third-order valence-corrected chi connectivity index (χ3v) is 3.06. The van der Waals surface area contributed by atoms with Crippen molar-refractivity contribution in [3.63, 3.8) is 0 Å². The van der Waals surface area contributed by atoms with Crippen molar-refractivity contribution in [1.82, 2.24) is 4.90 Å². The molecule has 0 bridgehead atoms. The van der Waals surface area contributed by atoms with Crippen molar-refractivity contribution in [2.45, 2.75) is 13.0 Å². The fourth-order valence-corrected chi connectivity index (χ4v) is 1.87.